The van der Waals surface area contributed by atoms with Crippen molar-refractivity contribution in [1.82, 2.24) is 0 Å². The highest BCUT2D eigenvalue weighted by Gasteiger charge is 2.24. The summed E-state index contributed by atoms with van der Waals surface area (Å²) in [7, 11) is 1.65. The van der Waals surface area contributed by atoms with Gasteiger partial charge >= 0.3 is 0 Å². The second kappa shape index (κ2) is 5.57. The first-order chi connectivity index (χ1) is 11.7. The van der Waals surface area contributed by atoms with Gasteiger partial charge < -0.3 is 14.9 Å². The third-order valence-electron chi connectivity index (χ3n) is 4.42. The van der Waals surface area contributed by atoms with E-state index in [-0.39, 0.29) is 5.43 Å². The Morgan fingerprint density at radius 1 is 1.17 bits per heavy atom. The number of hydrogen-bond acceptors (Lipinski definition) is 4. The first-order valence-corrected chi connectivity index (χ1v) is 7.86. The Morgan fingerprint density at radius 3 is 2.83 bits per heavy atom. The van der Waals surface area contributed by atoms with Crippen molar-refractivity contribution in [2.24, 2.45) is 0 Å². The van der Waals surface area contributed by atoms with Gasteiger partial charge in [-0.3, -0.25) is 4.79 Å². The number of ether oxygens (including phenoxy) is 1. The Balaban J connectivity index is 1.91. The molecule has 3 aromatic rings. The molecule has 0 radical (unpaired) electrons. The van der Waals surface area contributed by atoms with Crippen LogP contribution in [0.5, 0.6) is 5.75 Å². The van der Waals surface area contributed by atoms with Crippen molar-refractivity contribution in [2.45, 2.75) is 12.8 Å². The lowest BCUT2D eigenvalue weighted by Gasteiger charge is -2.07. The highest BCUT2D eigenvalue weighted by molar-refractivity contribution is 5.88. The Kier molecular flexibility index (Phi) is 3.38. The molecule has 4 nitrogen and oxygen atoms in total. The molecular weight excluding hydrogens is 302 g/mol. The molecule has 0 atom stereocenters. The fourth-order valence-electron chi connectivity index (χ4n) is 3.22. The molecular formula is C20H17NO3. The van der Waals surface area contributed by atoms with Crippen LogP contribution in [0.4, 0.5) is 5.69 Å². The topological polar surface area (TPSA) is 65.5 Å². The number of benzene rings is 2. The van der Waals surface area contributed by atoms with Crippen LogP contribution in [0.15, 0.2) is 51.7 Å². The third-order valence-corrected chi connectivity index (χ3v) is 4.42. The zero-order valence-electron chi connectivity index (χ0n) is 13.3. The maximum atomic E-state index is 12.7. The van der Waals surface area contributed by atoms with Crippen molar-refractivity contribution in [3.63, 3.8) is 0 Å². The Hall–Kier alpha value is -3.01. The van der Waals surface area contributed by atoms with E-state index < -0.39 is 0 Å². The van der Waals surface area contributed by atoms with E-state index in [9.17, 15) is 4.79 Å². The zero-order chi connectivity index (χ0) is 16.7. The molecule has 0 saturated heterocycles. The van der Waals surface area contributed by atoms with Crippen molar-refractivity contribution in [1.29, 1.82) is 0 Å². The summed E-state index contributed by atoms with van der Waals surface area (Å²) in [4.78, 5) is 12.7. The monoisotopic (exact) mass is 319 g/mol. The third kappa shape index (κ3) is 2.27. The molecule has 0 bridgehead atoms. The Morgan fingerprint density at radius 2 is 2.00 bits per heavy atom. The number of allylic oxidation sites excluding steroid dienone is 1. The number of hydrogen-bond donors (Lipinski definition) is 1. The summed E-state index contributed by atoms with van der Waals surface area (Å²) in [6.45, 7) is 0. The van der Waals surface area contributed by atoms with E-state index >= 15 is 0 Å². The number of nitrogen functional groups attached to an aromatic ring is 1. The van der Waals surface area contributed by atoms with E-state index in [2.05, 4.69) is 0 Å². The summed E-state index contributed by atoms with van der Waals surface area (Å²) < 4.78 is 11.4. The summed E-state index contributed by atoms with van der Waals surface area (Å²) in [5, 5.41) is 0.585. The molecule has 0 aliphatic heterocycles. The second-order valence-corrected chi connectivity index (χ2v) is 5.91. The molecule has 4 rings (SSSR count). The number of rotatable bonds is 2. The van der Waals surface area contributed by atoms with Gasteiger partial charge in [0.1, 0.15) is 17.1 Å². The highest BCUT2D eigenvalue weighted by Crippen LogP contribution is 2.35. The molecule has 2 N–H and O–H groups in total. The minimum Gasteiger partial charge on any atom is -0.496 e. The van der Waals surface area contributed by atoms with Gasteiger partial charge in [-0.1, -0.05) is 18.2 Å². The lowest BCUT2D eigenvalue weighted by atomic mass is 10.1. The van der Waals surface area contributed by atoms with Crippen LogP contribution in [-0.2, 0) is 6.42 Å². The number of anilines is 1. The SMILES string of the molecule is COc1ccccc1/C=C1\CCc2c1oc1cc(N)ccc1c2=O. The van der Waals surface area contributed by atoms with E-state index in [0.717, 1.165) is 28.9 Å². The van der Waals surface area contributed by atoms with Crippen LogP contribution >= 0.6 is 0 Å². The van der Waals surface area contributed by atoms with Gasteiger partial charge in [0.25, 0.3) is 0 Å². The average molecular weight is 319 g/mol. The van der Waals surface area contributed by atoms with Gasteiger partial charge in [-0.2, -0.15) is 0 Å². The lowest BCUT2D eigenvalue weighted by molar-refractivity contribution is 0.414. The predicted molar refractivity (Wildman–Crippen MR) is 96.1 cm³/mol. The van der Waals surface area contributed by atoms with Gasteiger partial charge in [-0.05, 0) is 42.7 Å². The molecule has 24 heavy (non-hydrogen) atoms. The molecule has 1 aliphatic carbocycles. The van der Waals surface area contributed by atoms with Crippen LogP contribution in [-0.4, -0.2) is 7.11 Å². The van der Waals surface area contributed by atoms with Crippen LogP contribution in [0, 0.1) is 0 Å². The number of para-hydroxylation sites is 1. The van der Waals surface area contributed by atoms with Crippen LogP contribution in [0.3, 0.4) is 0 Å². The Labute approximate surface area is 139 Å². The second-order valence-electron chi connectivity index (χ2n) is 5.91. The summed E-state index contributed by atoms with van der Waals surface area (Å²) in [5.74, 6) is 1.47. The predicted octanol–water partition coefficient (Wildman–Crippen LogP) is 3.87. The molecule has 2 aromatic carbocycles. The molecule has 0 amide bonds. The lowest BCUT2D eigenvalue weighted by Crippen LogP contribution is -2.08. The zero-order valence-corrected chi connectivity index (χ0v) is 13.3. The summed E-state index contributed by atoms with van der Waals surface area (Å²) in [6, 6.07) is 13.0. The van der Waals surface area contributed by atoms with E-state index in [1.807, 2.05) is 30.3 Å². The normalized spacial score (nSPS) is 15.0. The molecule has 4 heteroatoms. The summed E-state index contributed by atoms with van der Waals surface area (Å²) in [5.41, 5.74) is 9.70. The molecule has 1 aliphatic rings. The van der Waals surface area contributed by atoms with Gasteiger partial charge in [-0.25, -0.2) is 0 Å². The van der Waals surface area contributed by atoms with Gasteiger partial charge in [0.2, 0.25) is 0 Å². The fourth-order valence-corrected chi connectivity index (χ4v) is 3.22. The number of fused-ring (bicyclic) bond motifs is 2. The molecule has 0 unspecified atom stereocenters. The van der Waals surface area contributed by atoms with Crippen LogP contribution in [0.1, 0.15) is 23.3 Å². The van der Waals surface area contributed by atoms with E-state index in [1.54, 1.807) is 25.3 Å². The average Bonchev–Trinajstić information content (AvgIpc) is 2.98. The van der Waals surface area contributed by atoms with E-state index in [4.69, 9.17) is 14.9 Å². The summed E-state index contributed by atoms with van der Waals surface area (Å²) >= 11 is 0. The summed E-state index contributed by atoms with van der Waals surface area (Å²) in [6.07, 6.45) is 3.50. The molecule has 0 fully saturated rings. The maximum Gasteiger partial charge on any atom is 0.196 e. The number of methoxy groups -OCH3 is 1. The van der Waals surface area contributed by atoms with Crippen molar-refractivity contribution in [3.8, 4) is 5.75 Å². The smallest absolute Gasteiger partial charge is 0.196 e. The van der Waals surface area contributed by atoms with E-state index in [0.29, 0.717) is 28.8 Å². The van der Waals surface area contributed by atoms with Gasteiger partial charge in [0.05, 0.1) is 12.5 Å². The van der Waals surface area contributed by atoms with Crippen LogP contribution in [0.2, 0.25) is 0 Å². The molecule has 0 saturated carbocycles. The highest BCUT2D eigenvalue weighted by atomic mass is 16.5. The first kappa shape index (κ1) is 14.6. The van der Waals surface area contributed by atoms with Gasteiger partial charge in [0.15, 0.2) is 5.43 Å². The molecule has 1 heterocycles. The molecule has 0 spiro atoms. The molecule has 120 valence electrons. The van der Waals surface area contributed by atoms with Crippen molar-refractivity contribution in [3.05, 3.63) is 69.6 Å². The quantitative estimate of drug-likeness (QED) is 0.728. The van der Waals surface area contributed by atoms with Crippen LogP contribution < -0.4 is 15.9 Å². The van der Waals surface area contributed by atoms with Gasteiger partial charge in [-0.15, -0.1) is 0 Å². The standard InChI is InChI=1S/C20H17NO3/c1-23-17-5-3-2-4-12(17)10-13-6-8-16-19(22)15-9-7-14(21)11-18(15)24-20(13)16/h2-5,7,9-11H,6,8,21H2,1H3/b13-10+. The van der Waals surface area contributed by atoms with Gasteiger partial charge in [0, 0.05) is 22.9 Å². The van der Waals surface area contributed by atoms with Crippen molar-refractivity contribution >= 4 is 28.3 Å². The van der Waals surface area contributed by atoms with E-state index in [1.165, 1.54) is 0 Å². The van der Waals surface area contributed by atoms with Crippen LogP contribution in [0.25, 0.3) is 22.6 Å². The fraction of sp³-hybridized carbons (Fsp3) is 0.150. The minimum atomic E-state index is 0.0367. The number of nitrogens with two attached hydrogens (primary N) is 1. The van der Waals surface area contributed by atoms with Crippen molar-refractivity contribution < 1.29 is 9.15 Å². The first-order valence-electron chi connectivity index (χ1n) is 7.86. The molecule has 1 aromatic heterocycles. The maximum absolute atomic E-state index is 12.7. The minimum absolute atomic E-state index is 0.0367. The van der Waals surface area contributed by atoms with Crippen molar-refractivity contribution in [2.75, 3.05) is 12.8 Å². The largest absolute Gasteiger partial charge is 0.496 e. The Bertz CT molecular complexity index is 1030.